The van der Waals surface area contributed by atoms with Gasteiger partial charge in [0.25, 0.3) is 0 Å². The number of benzene rings is 2. The molecule has 13 heteroatoms. The Balaban J connectivity index is 1.26. The smallest absolute Gasteiger partial charge is 0.219 e. The Morgan fingerprint density at radius 1 is 0.973 bits per heavy atom. The van der Waals surface area contributed by atoms with Gasteiger partial charge in [-0.25, -0.2) is 26.8 Å². The van der Waals surface area contributed by atoms with Gasteiger partial charge in [-0.05, 0) is 31.2 Å². The van der Waals surface area contributed by atoms with E-state index in [-0.39, 0.29) is 39.2 Å². The molecule has 1 atom stereocenters. The van der Waals surface area contributed by atoms with Gasteiger partial charge in [0.1, 0.15) is 17.3 Å². The molecular weight excluding hydrogens is 519 g/mol. The molecule has 2 aliphatic rings. The molecule has 2 aromatic carbocycles. The second kappa shape index (κ2) is 8.42. The molecule has 4 aromatic rings. The standard InChI is InChI=1S/C24H23FN6O4S2/c1-13-27-11-19(28-13)14-2-5-18-21(8-14)37(34,35)12-16(29-18)10-22-30-23(24(25)31-22)15-3-4-17-20(9-15)36(32,33)7-6-26-17/h2-5,8-9,11,16,26,29H,6-7,10,12H2,1H3,(H,27,28)(H,30,31). The molecule has 0 spiro atoms. The fourth-order valence-electron chi connectivity index (χ4n) is 4.78. The van der Waals surface area contributed by atoms with Crippen molar-refractivity contribution < 1.29 is 21.2 Å². The van der Waals surface area contributed by atoms with Crippen LogP contribution < -0.4 is 10.6 Å². The summed E-state index contributed by atoms with van der Waals surface area (Å²) in [7, 11) is -7.09. The molecule has 0 bridgehead atoms. The second-order valence-electron chi connectivity index (χ2n) is 9.22. The van der Waals surface area contributed by atoms with E-state index < -0.39 is 31.7 Å². The van der Waals surface area contributed by atoms with Crippen molar-refractivity contribution >= 4 is 31.0 Å². The molecule has 4 N–H and O–H groups in total. The van der Waals surface area contributed by atoms with Crippen LogP contribution in [0.25, 0.3) is 22.5 Å². The molecule has 0 radical (unpaired) electrons. The molecule has 2 aliphatic heterocycles. The molecule has 4 heterocycles. The van der Waals surface area contributed by atoms with E-state index in [1.165, 1.54) is 6.07 Å². The zero-order chi connectivity index (χ0) is 25.9. The van der Waals surface area contributed by atoms with Crippen LogP contribution in [-0.4, -0.2) is 60.9 Å². The second-order valence-corrected chi connectivity index (χ2v) is 13.3. The normalized spacial score (nSPS) is 19.4. The molecule has 192 valence electrons. The summed E-state index contributed by atoms with van der Waals surface area (Å²) in [6.45, 7) is 2.14. The SMILES string of the molecule is Cc1ncc(-c2ccc3c(c2)S(=O)(=O)CC(Cc2nc(-c4ccc5c(c4)S(=O)(=O)CCN5)c(F)[nH]2)N3)[nH]1. The Labute approximate surface area is 212 Å². The van der Waals surface area contributed by atoms with E-state index >= 15 is 0 Å². The lowest BCUT2D eigenvalue weighted by molar-refractivity contribution is 0.578. The minimum absolute atomic E-state index is 0.0165. The van der Waals surface area contributed by atoms with Gasteiger partial charge in [-0.3, -0.25) is 0 Å². The summed E-state index contributed by atoms with van der Waals surface area (Å²) in [4.78, 5) is 14.5. The summed E-state index contributed by atoms with van der Waals surface area (Å²) in [6, 6.07) is 9.21. The van der Waals surface area contributed by atoms with Gasteiger partial charge in [0.05, 0.1) is 44.6 Å². The lowest BCUT2D eigenvalue weighted by atomic mass is 10.1. The van der Waals surface area contributed by atoms with Crippen LogP contribution in [0.3, 0.4) is 0 Å². The Kier molecular flexibility index (Phi) is 5.38. The van der Waals surface area contributed by atoms with Crippen LogP contribution in [0.1, 0.15) is 11.6 Å². The van der Waals surface area contributed by atoms with Crippen LogP contribution in [0.5, 0.6) is 0 Å². The zero-order valence-electron chi connectivity index (χ0n) is 19.7. The number of H-pyrrole nitrogens is 2. The first-order valence-corrected chi connectivity index (χ1v) is 14.9. The summed E-state index contributed by atoms with van der Waals surface area (Å²) in [6.07, 6.45) is 1.78. The molecule has 0 aliphatic carbocycles. The monoisotopic (exact) mass is 542 g/mol. The van der Waals surface area contributed by atoms with Gasteiger partial charge < -0.3 is 20.6 Å². The van der Waals surface area contributed by atoms with Crippen LogP contribution >= 0.6 is 0 Å². The maximum absolute atomic E-state index is 14.8. The van der Waals surface area contributed by atoms with Crippen molar-refractivity contribution in [2.45, 2.75) is 29.2 Å². The molecule has 0 fully saturated rings. The lowest BCUT2D eigenvalue weighted by Gasteiger charge is -2.26. The van der Waals surface area contributed by atoms with Gasteiger partial charge in [-0.15, -0.1) is 0 Å². The van der Waals surface area contributed by atoms with E-state index in [9.17, 15) is 21.2 Å². The van der Waals surface area contributed by atoms with Crippen molar-refractivity contribution in [3.63, 3.8) is 0 Å². The largest absolute Gasteiger partial charge is 0.383 e. The van der Waals surface area contributed by atoms with Crippen LogP contribution in [-0.2, 0) is 26.1 Å². The molecule has 1 unspecified atom stereocenters. The van der Waals surface area contributed by atoms with E-state index in [2.05, 4.69) is 30.6 Å². The van der Waals surface area contributed by atoms with Crippen LogP contribution in [0, 0.1) is 12.9 Å². The number of sulfone groups is 2. The van der Waals surface area contributed by atoms with E-state index in [0.29, 0.717) is 29.0 Å². The topological polar surface area (TPSA) is 150 Å². The Morgan fingerprint density at radius 2 is 1.70 bits per heavy atom. The number of nitrogens with zero attached hydrogens (tertiary/aromatic N) is 2. The highest BCUT2D eigenvalue weighted by Crippen LogP contribution is 2.34. The molecule has 37 heavy (non-hydrogen) atoms. The number of imidazole rings is 2. The number of anilines is 2. The summed E-state index contributed by atoms with van der Waals surface area (Å²) < 4.78 is 66.0. The third kappa shape index (κ3) is 4.27. The number of nitrogens with one attached hydrogen (secondary N) is 4. The molecule has 6 rings (SSSR count). The van der Waals surface area contributed by atoms with Crippen LogP contribution in [0.2, 0.25) is 0 Å². The van der Waals surface area contributed by atoms with Gasteiger partial charge >= 0.3 is 0 Å². The Morgan fingerprint density at radius 3 is 2.49 bits per heavy atom. The fraction of sp³-hybridized carbons (Fsp3) is 0.250. The number of aromatic nitrogens is 4. The number of aromatic amines is 2. The van der Waals surface area contributed by atoms with Crippen LogP contribution in [0.4, 0.5) is 15.8 Å². The summed E-state index contributed by atoms with van der Waals surface area (Å²) in [5, 5.41) is 6.26. The van der Waals surface area contributed by atoms with Gasteiger partial charge in [0.2, 0.25) is 5.95 Å². The average Bonchev–Trinajstić information content (AvgIpc) is 3.43. The Bertz CT molecular complexity index is 1760. The fourth-order valence-corrected chi connectivity index (χ4v) is 7.83. The molecule has 0 saturated carbocycles. The number of aryl methyl sites for hydroxylation is 1. The van der Waals surface area contributed by atoms with E-state index in [4.69, 9.17) is 0 Å². The van der Waals surface area contributed by atoms with Crippen molar-refractivity contribution in [2.75, 3.05) is 28.7 Å². The molecule has 0 saturated heterocycles. The third-order valence-electron chi connectivity index (χ3n) is 6.54. The summed E-state index contributed by atoms with van der Waals surface area (Å²) >= 11 is 0. The molecule has 0 amide bonds. The van der Waals surface area contributed by atoms with Crippen molar-refractivity contribution in [1.29, 1.82) is 0 Å². The molecular formula is C24H23FN6O4S2. The quantitative estimate of drug-likeness (QED) is 0.308. The highest BCUT2D eigenvalue weighted by Gasteiger charge is 2.32. The first-order valence-electron chi connectivity index (χ1n) is 11.6. The third-order valence-corrected chi connectivity index (χ3v) is 10.1. The van der Waals surface area contributed by atoms with Crippen LogP contribution in [0.15, 0.2) is 52.4 Å². The van der Waals surface area contributed by atoms with Crippen molar-refractivity contribution in [2.24, 2.45) is 0 Å². The van der Waals surface area contributed by atoms with E-state index in [1.54, 1.807) is 36.5 Å². The van der Waals surface area contributed by atoms with Gasteiger partial charge in [-0.1, -0.05) is 12.1 Å². The minimum atomic E-state index is -3.62. The Hall–Kier alpha value is -3.71. The molecule has 2 aromatic heterocycles. The maximum atomic E-state index is 14.8. The summed E-state index contributed by atoms with van der Waals surface area (Å²) in [5.74, 6) is 0.0460. The van der Waals surface area contributed by atoms with Gasteiger partial charge in [0.15, 0.2) is 19.7 Å². The number of fused-ring (bicyclic) bond motifs is 2. The zero-order valence-corrected chi connectivity index (χ0v) is 21.3. The average molecular weight is 543 g/mol. The minimum Gasteiger partial charge on any atom is -0.383 e. The van der Waals surface area contributed by atoms with E-state index in [0.717, 1.165) is 11.5 Å². The molecule has 10 nitrogen and oxygen atoms in total. The predicted octanol–water partition coefficient (Wildman–Crippen LogP) is 2.92. The number of hydrogen-bond acceptors (Lipinski definition) is 8. The highest BCUT2D eigenvalue weighted by molar-refractivity contribution is 7.92. The first kappa shape index (κ1) is 23.7. The summed E-state index contributed by atoms with van der Waals surface area (Å²) in [5.41, 5.74) is 2.69. The van der Waals surface area contributed by atoms with E-state index in [1.807, 2.05) is 6.92 Å². The highest BCUT2D eigenvalue weighted by atomic mass is 32.2. The number of rotatable bonds is 4. The number of hydrogen-bond donors (Lipinski definition) is 4. The van der Waals surface area contributed by atoms with Crippen molar-refractivity contribution in [3.8, 4) is 22.5 Å². The predicted molar refractivity (Wildman–Crippen MR) is 136 cm³/mol. The van der Waals surface area contributed by atoms with Crippen molar-refractivity contribution in [1.82, 2.24) is 19.9 Å². The van der Waals surface area contributed by atoms with Gasteiger partial charge in [0, 0.05) is 30.1 Å². The first-order chi connectivity index (χ1) is 17.6. The lowest BCUT2D eigenvalue weighted by Crippen LogP contribution is -2.36. The van der Waals surface area contributed by atoms with Gasteiger partial charge in [-0.2, -0.15) is 4.39 Å². The number of halogens is 1. The van der Waals surface area contributed by atoms with Crippen molar-refractivity contribution in [3.05, 3.63) is 60.2 Å². The maximum Gasteiger partial charge on any atom is 0.219 e.